The second kappa shape index (κ2) is 5.78. The number of carbonyl (C=O) groups excluding carboxylic acids is 1. The molecule has 15 heavy (non-hydrogen) atoms. The fraction of sp³-hybridized carbons (Fsp3) is 0.364. The summed E-state index contributed by atoms with van der Waals surface area (Å²) in [5.74, 6) is 1.47. The molecule has 4 heteroatoms. The zero-order valence-corrected chi connectivity index (χ0v) is 9.59. The van der Waals surface area contributed by atoms with E-state index in [1.807, 2.05) is 19.1 Å². The number of primary amides is 1. The van der Waals surface area contributed by atoms with Crippen molar-refractivity contribution in [1.82, 2.24) is 0 Å². The first-order valence-electron chi connectivity index (χ1n) is 4.81. The summed E-state index contributed by atoms with van der Waals surface area (Å²) in [5, 5.41) is 0. The van der Waals surface area contributed by atoms with Crippen molar-refractivity contribution in [2.75, 3.05) is 5.75 Å². The zero-order valence-electron chi connectivity index (χ0n) is 8.77. The van der Waals surface area contributed by atoms with Crippen LogP contribution in [0, 0.1) is 0 Å². The molecule has 0 radical (unpaired) electrons. The van der Waals surface area contributed by atoms with E-state index in [4.69, 9.17) is 11.5 Å². The van der Waals surface area contributed by atoms with Gasteiger partial charge in [0.15, 0.2) is 0 Å². The zero-order chi connectivity index (χ0) is 11.3. The Morgan fingerprint density at radius 1 is 1.40 bits per heavy atom. The normalized spacial score (nSPS) is 12.4. The Morgan fingerprint density at radius 2 is 2.00 bits per heavy atom. The Labute approximate surface area is 94.2 Å². The van der Waals surface area contributed by atoms with Crippen molar-refractivity contribution in [2.45, 2.75) is 18.7 Å². The molecule has 0 aliphatic heterocycles. The fourth-order valence-electron chi connectivity index (χ4n) is 1.13. The lowest BCUT2D eigenvalue weighted by molar-refractivity contribution is 0.100. The van der Waals surface area contributed by atoms with Gasteiger partial charge >= 0.3 is 0 Å². The number of nitrogens with two attached hydrogens (primary N) is 2. The highest BCUT2D eigenvalue weighted by molar-refractivity contribution is 7.98. The molecule has 1 rings (SSSR count). The van der Waals surface area contributed by atoms with E-state index in [-0.39, 0.29) is 11.9 Å². The number of rotatable bonds is 5. The number of amides is 1. The van der Waals surface area contributed by atoms with Crippen LogP contribution < -0.4 is 11.5 Å². The van der Waals surface area contributed by atoms with Crippen LogP contribution in [0.4, 0.5) is 0 Å². The van der Waals surface area contributed by atoms with E-state index < -0.39 is 0 Å². The van der Waals surface area contributed by atoms with E-state index >= 15 is 0 Å². The standard InChI is InChI=1S/C11H16N2OS/c1-8(12)6-15-7-9-2-4-10(5-3-9)11(13)14/h2-5,8H,6-7,12H2,1H3,(H2,13,14). The Morgan fingerprint density at radius 3 is 2.47 bits per heavy atom. The average Bonchev–Trinajstić information content (AvgIpc) is 2.18. The first kappa shape index (κ1) is 12.1. The molecule has 0 bridgehead atoms. The van der Waals surface area contributed by atoms with E-state index in [1.165, 1.54) is 5.56 Å². The first-order valence-corrected chi connectivity index (χ1v) is 5.97. The summed E-state index contributed by atoms with van der Waals surface area (Å²) in [6, 6.07) is 7.58. The number of benzene rings is 1. The predicted molar refractivity (Wildman–Crippen MR) is 64.8 cm³/mol. The highest BCUT2D eigenvalue weighted by atomic mass is 32.2. The van der Waals surface area contributed by atoms with Gasteiger partial charge in [0.1, 0.15) is 0 Å². The topological polar surface area (TPSA) is 69.1 Å². The van der Waals surface area contributed by atoms with E-state index in [2.05, 4.69) is 0 Å². The molecule has 0 saturated carbocycles. The lowest BCUT2D eigenvalue weighted by atomic mass is 10.1. The molecular weight excluding hydrogens is 208 g/mol. The smallest absolute Gasteiger partial charge is 0.248 e. The Kier molecular flexibility index (Phi) is 4.65. The molecule has 0 aliphatic carbocycles. The number of thioether (sulfide) groups is 1. The van der Waals surface area contributed by atoms with Gasteiger partial charge in [-0.2, -0.15) is 11.8 Å². The first-order chi connectivity index (χ1) is 7.09. The molecular formula is C11H16N2OS. The minimum absolute atomic E-state index is 0.222. The van der Waals surface area contributed by atoms with E-state index in [0.29, 0.717) is 5.56 Å². The molecule has 1 atom stereocenters. The molecule has 1 unspecified atom stereocenters. The number of hydrogen-bond donors (Lipinski definition) is 2. The monoisotopic (exact) mass is 224 g/mol. The maximum atomic E-state index is 10.8. The van der Waals surface area contributed by atoms with Gasteiger partial charge in [-0.3, -0.25) is 4.79 Å². The van der Waals surface area contributed by atoms with Crippen LogP contribution in [-0.4, -0.2) is 17.7 Å². The third-order valence-electron chi connectivity index (χ3n) is 1.89. The summed E-state index contributed by atoms with van der Waals surface area (Å²) < 4.78 is 0. The lowest BCUT2D eigenvalue weighted by Crippen LogP contribution is -2.17. The number of hydrogen-bond acceptors (Lipinski definition) is 3. The molecule has 0 saturated heterocycles. The van der Waals surface area contributed by atoms with Crippen molar-refractivity contribution in [3.05, 3.63) is 35.4 Å². The minimum Gasteiger partial charge on any atom is -0.366 e. The van der Waals surface area contributed by atoms with Gasteiger partial charge in [0.25, 0.3) is 0 Å². The molecule has 0 heterocycles. The van der Waals surface area contributed by atoms with Gasteiger partial charge in [0, 0.05) is 23.1 Å². The van der Waals surface area contributed by atoms with Gasteiger partial charge in [-0.25, -0.2) is 0 Å². The number of carbonyl (C=O) groups is 1. The minimum atomic E-state index is -0.384. The van der Waals surface area contributed by atoms with Crippen molar-refractivity contribution in [2.24, 2.45) is 11.5 Å². The van der Waals surface area contributed by atoms with Crippen molar-refractivity contribution < 1.29 is 4.79 Å². The molecule has 0 aliphatic rings. The van der Waals surface area contributed by atoms with Crippen LogP contribution in [-0.2, 0) is 5.75 Å². The van der Waals surface area contributed by atoms with Crippen molar-refractivity contribution in [3.8, 4) is 0 Å². The highest BCUT2D eigenvalue weighted by Gasteiger charge is 2.00. The van der Waals surface area contributed by atoms with Gasteiger partial charge in [-0.05, 0) is 24.6 Å². The van der Waals surface area contributed by atoms with Gasteiger partial charge in [-0.15, -0.1) is 0 Å². The third-order valence-corrected chi connectivity index (χ3v) is 3.19. The summed E-state index contributed by atoms with van der Waals surface area (Å²) in [6.07, 6.45) is 0. The SMILES string of the molecule is CC(N)CSCc1ccc(C(N)=O)cc1. The molecule has 82 valence electrons. The maximum Gasteiger partial charge on any atom is 0.248 e. The van der Waals surface area contributed by atoms with E-state index in [1.54, 1.807) is 23.9 Å². The van der Waals surface area contributed by atoms with Crippen LogP contribution in [0.15, 0.2) is 24.3 Å². The van der Waals surface area contributed by atoms with Gasteiger partial charge in [-0.1, -0.05) is 12.1 Å². The summed E-state index contributed by atoms with van der Waals surface area (Å²) in [6.45, 7) is 1.99. The van der Waals surface area contributed by atoms with Crippen LogP contribution in [0.5, 0.6) is 0 Å². The Bertz CT molecular complexity index is 322. The molecule has 1 aromatic rings. The second-order valence-corrected chi connectivity index (χ2v) is 4.58. The maximum absolute atomic E-state index is 10.8. The van der Waals surface area contributed by atoms with E-state index in [9.17, 15) is 4.79 Å². The van der Waals surface area contributed by atoms with Crippen molar-refractivity contribution >= 4 is 17.7 Å². The predicted octanol–water partition coefficient (Wildman–Crippen LogP) is 1.37. The Hall–Kier alpha value is -1.00. The summed E-state index contributed by atoms with van der Waals surface area (Å²) >= 11 is 1.79. The largest absolute Gasteiger partial charge is 0.366 e. The lowest BCUT2D eigenvalue weighted by Gasteiger charge is -2.05. The third kappa shape index (κ3) is 4.36. The van der Waals surface area contributed by atoms with Crippen LogP contribution in [0.1, 0.15) is 22.8 Å². The van der Waals surface area contributed by atoms with Crippen molar-refractivity contribution in [1.29, 1.82) is 0 Å². The quantitative estimate of drug-likeness (QED) is 0.793. The molecule has 1 amide bonds. The van der Waals surface area contributed by atoms with Gasteiger partial charge in [0.2, 0.25) is 5.91 Å². The molecule has 4 N–H and O–H groups in total. The summed E-state index contributed by atoms with van der Waals surface area (Å²) in [5.41, 5.74) is 12.5. The highest BCUT2D eigenvalue weighted by Crippen LogP contribution is 2.13. The fourth-order valence-corrected chi connectivity index (χ4v) is 2.05. The van der Waals surface area contributed by atoms with Gasteiger partial charge < -0.3 is 11.5 Å². The molecule has 0 aromatic heterocycles. The van der Waals surface area contributed by atoms with Gasteiger partial charge in [0.05, 0.1) is 0 Å². The Balaban J connectivity index is 2.46. The molecule has 0 spiro atoms. The van der Waals surface area contributed by atoms with Crippen LogP contribution in [0.25, 0.3) is 0 Å². The van der Waals surface area contributed by atoms with Crippen LogP contribution in [0.3, 0.4) is 0 Å². The average molecular weight is 224 g/mol. The van der Waals surface area contributed by atoms with Crippen molar-refractivity contribution in [3.63, 3.8) is 0 Å². The van der Waals surface area contributed by atoms with E-state index in [0.717, 1.165) is 11.5 Å². The molecule has 0 fully saturated rings. The molecule has 3 nitrogen and oxygen atoms in total. The van der Waals surface area contributed by atoms with Crippen LogP contribution >= 0.6 is 11.8 Å². The molecule has 1 aromatic carbocycles. The summed E-state index contributed by atoms with van der Waals surface area (Å²) in [7, 11) is 0. The summed E-state index contributed by atoms with van der Waals surface area (Å²) in [4.78, 5) is 10.8. The van der Waals surface area contributed by atoms with Crippen LogP contribution in [0.2, 0.25) is 0 Å². The second-order valence-electron chi connectivity index (χ2n) is 3.55.